The summed E-state index contributed by atoms with van der Waals surface area (Å²) in [5, 5.41) is 9.16. The van der Waals surface area contributed by atoms with Crippen LogP contribution in [0.25, 0.3) is 0 Å². The zero-order valence-electron chi connectivity index (χ0n) is 11.6. The van der Waals surface area contributed by atoms with Gasteiger partial charge in [-0.25, -0.2) is 4.79 Å². The lowest BCUT2D eigenvalue weighted by Gasteiger charge is -2.09. The van der Waals surface area contributed by atoms with E-state index in [1.807, 2.05) is 0 Å². The zero-order chi connectivity index (χ0) is 15.4. The van der Waals surface area contributed by atoms with Crippen LogP contribution in [0.5, 0.6) is 11.5 Å². The predicted octanol–water partition coefficient (Wildman–Crippen LogP) is 2.63. The van der Waals surface area contributed by atoms with Crippen molar-refractivity contribution in [2.45, 2.75) is 0 Å². The van der Waals surface area contributed by atoms with Gasteiger partial charge >= 0.3 is 5.97 Å². The molecule has 0 fully saturated rings. The van der Waals surface area contributed by atoms with Gasteiger partial charge in [0.05, 0.1) is 19.8 Å². The maximum atomic E-state index is 12.5. The van der Waals surface area contributed by atoms with E-state index < -0.39 is 11.8 Å². The fourth-order valence-electron chi connectivity index (χ4n) is 1.96. The third-order valence-electron chi connectivity index (χ3n) is 3.02. The van der Waals surface area contributed by atoms with E-state index in [0.29, 0.717) is 17.1 Å². The van der Waals surface area contributed by atoms with Crippen molar-refractivity contribution < 1.29 is 24.2 Å². The SMILES string of the molecule is COc1cc(OC)cc(C(=O)c2ccccc2C(=O)O)c1. The number of hydrogen-bond donors (Lipinski definition) is 1. The molecule has 0 unspecified atom stereocenters. The van der Waals surface area contributed by atoms with Crippen molar-refractivity contribution in [2.75, 3.05) is 14.2 Å². The fourth-order valence-corrected chi connectivity index (χ4v) is 1.96. The number of aromatic carboxylic acids is 1. The number of benzene rings is 2. The maximum Gasteiger partial charge on any atom is 0.336 e. The molecule has 0 aliphatic rings. The Morgan fingerprint density at radius 1 is 0.905 bits per heavy atom. The molecule has 0 radical (unpaired) electrons. The fraction of sp³-hybridized carbons (Fsp3) is 0.125. The van der Waals surface area contributed by atoms with Crippen LogP contribution in [-0.4, -0.2) is 31.1 Å². The molecule has 2 rings (SSSR count). The molecule has 0 aliphatic heterocycles. The molecule has 2 aromatic carbocycles. The highest BCUT2D eigenvalue weighted by atomic mass is 16.5. The number of carbonyl (C=O) groups excluding carboxylic acids is 1. The Hall–Kier alpha value is -2.82. The second kappa shape index (κ2) is 6.09. The lowest BCUT2D eigenvalue weighted by atomic mass is 9.98. The molecule has 0 bridgehead atoms. The molecule has 5 heteroatoms. The van der Waals surface area contributed by atoms with Crippen molar-refractivity contribution in [3.63, 3.8) is 0 Å². The molecule has 0 amide bonds. The number of ether oxygens (including phenoxy) is 2. The van der Waals surface area contributed by atoms with Crippen LogP contribution < -0.4 is 9.47 Å². The van der Waals surface area contributed by atoms with E-state index >= 15 is 0 Å². The monoisotopic (exact) mass is 286 g/mol. The molecule has 5 nitrogen and oxygen atoms in total. The van der Waals surface area contributed by atoms with E-state index in [9.17, 15) is 9.59 Å². The highest BCUT2D eigenvalue weighted by molar-refractivity contribution is 6.14. The van der Waals surface area contributed by atoms with Gasteiger partial charge in [-0.15, -0.1) is 0 Å². The maximum absolute atomic E-state index is 12.5. The summed E-state index contributed by atoms with van der Waals surface area (Å²) in [6, 6.07) is 10.8. The lowest BCUT2D eigenvalue weighted by molar-refractivity contribution is 0.0693. The lowest BCUT2D eigenvalue weighted by Crippen LogP contribution is -2.09. The van der Waals surface area contributed by atoms with Crippen LogP contribution in [0.1, 0.15) is 26.3 Å². The summed E-state index contributed by atoms with van der Waals surface area (Å²) in [4.78, 5) is 23.7. The Bertz CT molecular complexity index is 669. The third kappa shape index (κ3) is 3.02. The molecule has 0 aliphatic carbocycles. The normalized spacial score (nSPS) is 10.0. The number of carboxylic acids is 1. The van der Waals surface area contributed by atoms with Gasteiger partial charge in [-0.05, 0) is 18.2 Å². The summed E-state index contributed by atoms with van der Waals surface area (Å²) < 4.78 is 10.2. The highest BCUT2D eigenvalue weighted by Gasteiger charge is 2.18. The Kier molecular flexibility index (Phi) is 4.23. The first-order chi connectivity index (χ1) is 10.1. The van der Waals surface area contributed by atoms with Crippen molar-refractivity contribution >= 4 is 11.8 Å². The number of carbonyl (C=O) groups is 2. The van der Waals surface area contributed by atoms with Gasteiger partial charge in [-0.2, -0.15) is 0 Å². The molecule has 108 valence electrons. The first-order valence-corrected chi connectivity index (χ1v) is 6.17. The summed E-state index contributed by atoms with van der Waals surface area (Å²) in [7, 11) is 2.96. The number of carboxylic acid groups (broad SMARTS) is 1. The summed E-state index contributed by atoms with van der Waals surface area (Å²) in [5.41, 5.74) is 0.393. The first kappa shape index (κ1) is 14.6. The average Bonchev–Trinajstić information content (AvgIpc) is 2.53. The molecule has 0 heterocycles. The Morgan fingerprint density at radius 2 is 1.43 bits per heavy atom. The van der Waals surface area contributed by atoms with Crippen LogP contribution >= 0.6 is 0 Å². The van der Waals surface area contributed by atoms with E-state index in [1.165, 1.54) is 26.4 Å². The van der Waals surface area contributed by atoms with E-state index in [-0.39, 0.29) is 11.1 Å². The summed E-state index contributed by atoms with van der Waals surface area (Å²) in [6.45, 7) is 0. The third-order valence-corrected chi connectivity index (χ3v) is 3.02. The molecular formula is C16H14O5. The zero-order valence-corrected chi connectivity index (χ0v) is 11.6. The second-order valence-electron chi connectivity index (χ2n) is 4.28. The van der Waals surface area contributed by atoms with Gasteiger partial charge in [-0.1, -0.05) is 18.2 Å². The number of ketones is 1. The standard InChI is InChI=1S/C16H14O5/c1-20-11-7-10(8-12(9-11)21-2)15(17)13-5-3-4-6-14(13)16(18)19/h3-9H,1-2H3,(H,18,19). The number of methoxy groups -OCH3 is 2. The predicted molar refractivity (Wildman–Crippen MR) is 76.4 cm³/mol. The van der Waals surface area contributed by atoms with Crippen molar-refractivity contribution in [2.24, 2.45) is 0 Å². The van der Waals surface area contributed by atoms with Crippen LogP contribution in [0.2, 0.25) is 0 Å². The first-order valence-electron chi connectivity index (χ1n) is 6.17. The van der Waals surface area contributed by atoms with Gasteiger partial charge < -0.3 is 14.6 Å². The second-order valence-corrected chi connectivity index (χ2v) is 4.28. The molecule has 0 saturated heterocycles. The van der Waals surface area contributed by atoms with Crippen molar-refractivity contribution in [3.05, 3.63) is 59.2 Å². The molecular weight excluding hydrogens is 272 g/mol. The molecule has 0 saturated carbocycles. The van der Waals surface area contributed by atoms with E-state index in [2.05, 4.69) is 0 Å². The minimum atomic E-state index is -1.14. The number of hydrogen-bond acceptors (Lipinski definition) is 4. The Balaban J connectivity index is 2.52. The van der Waals surface area contributed by atoms with Gasteiger partial charge in [0.2, 0.25) is 0 Å². The topological polar surface area (TPSA) is 72.8 Å². The molecule has 0 atom stereocenters. The highest BCUT2D eigenvalue weighted by Crippen LogP contribution is 2.25. The number of rotatable bonds is 5. The molecule has 0 aromatic heterocycles. The molecule has 21 heavy (non-hydrogen) atoms. The van der Waals surface area contributed by atoms with Crippen LogP contribution in [-0.2, 0) is 0 Å². The van der Waals surface area contributed by atoms with Crippen molar-refractivity contribution in [1.82, 2.24) is 0 Å². The largest absolute Gasteiger partial charge is 0.497 e. The van der Waals surface area contributed by atoms with Crippen LogP contribution in [0.3, 0.4) is 0 Å². The van der Waals surface area contributed by atoms with Gasteiger partial charge in [-0.3, -0.25) is 4.79 Å². The summed E-state index contributed by atoms with van der Waals surface area (Å²) in [6.07, 6.45) is 0. The van der Waals surface area contributed by atoms with Crippen molar-refractivity contribution in [1.29, 1.82) is 0 Å². The summed E-state index contributed by atoms with van der Waals surface area (Å²) in [5.74, 6) is -0.616. The van der Waals surface area contributed by atoms with Gasteiger partial charge in [0.15, 0.2) is 5.78 Å². The summed E-state index contributed by atoms with van der Waals surface area (Å²) >= 11 is 0. The molecule has 2 aromatic rings. The average molecular weight is 286 g/mol. The van der Waals surface area contributed by atoms with Gasteiger partial charge in [0.1, 0.15) is 11.5 Å². The van der Waals surface area contributed by atoms with Gasteiger partial charge in [0.25, 0.3) is 0 Å². The van der Waals surface area contributed by atoms with E-state index in [4.69, 9.17) is 14.6 Å². The van der Waals surface area contributed by atoms with Crippen LogP contribution in [0.4, 0.5) is 0 Å². The van der Waals surface area contributed by atoms with E-state index in [1.54, 1.807) is 30.3 Å². The Morgan fingerprint density at radius 3 is 1.90 bits per heavy atom. The quantitative estimate of drug-likeness (QED) is 0.855. The minimum absolute atomic E-state index is 0.0377. The van der Waals surface area contributed by atoms with Crippen LogP contribution in [0, 0.1) is 0 Å². The van der Waals surface area contributed by atoms with E-state index in [0.717, 1.165) is 0 Å². The molecule has 1 N–H and O–H groups in total. The van der Waals surface area contributed by atoms with Crippen LogP contribution in [0.15, 0.2) is 42.5 Å². The van der Waals surface area contributed by atoms with Crippen molar-refractivity contribution in [3.8, 4) is 11.5 Å². The minimum Gasteiger partial charge on any atom is -0.497 e. The Labute approximate surface area is 121 Å². The smallest absolute Gasteiger partial charge is 0.336 e. The van der Waals surface area contributed by atoms with Gasteiger partial charge in [0, 0.05) is 17.2 Å². The molecule has 0 spiro atoms.